The van der Waals surface area contributed by atoms with Gasteiger partial charge in [0.25, 0.3) is 5.56 Å². The summed E-state index contributed by atoms with van der Waals surface area (Å²) in [7, 11) is -1.55. The van der Waals surface area contributed by atoms with E-state index in [1.165, 1.54) is 6.26 Å². The van der Waals surface area contributed by atoms with E-state index in [0.717, 1.165) is 22.4 Å². The number of hydrogen-bond donors (Lipinski definition) is 1. The second-order valence-electron chi connectivity index (χ2n) is 7.76. The standard InChI is InChI=1S/C21H25N5O3S/c1-24-15-19(17-11-22-26(13-17)12-16-6-4-3-5-7-16)20(10-21(24)27)25-9-8-18(14-25)23-30(2,28)29/h3-7,10-11,13,15,18,23H,8-9,12,14H2,1-2H3/t18-/m1/s1. The summed E-state index contributed by atoms with van der Waals surface area (Å²) >= 11 is 0. The van der Waals surface area contributed by atoms with E-state index in [0.29, 0.717) is 26.1 Å². The molecule has 1 atom stereocenters. The Bertz CT molecular complexity index is 1200. The third-order valence-electron chi connectivity index (χ3n) is 5.25. The number of pyridine rings is 1. The van der Waals surface area contributed by atoms with Crippen molar-refractivity contribution in [2.75, 3.05) is 24.2 Å². The minimum Gasteiger partial charge on any atom is -0.369 e. The Morgan fingerprint density at radius 3 is 2.70 bits per heavy atom. The Balaban J connectivity index is 1.63. The first-order valence-electron chi connectivity index (χ1n) is 9.78. The lowest BCUT2D eigenvalue weighted by Crippen LogP contribution is -2.36. The van der Waals surface area contributed by atoms with E-state index in [-0.39, 0.29) is 11.6 Å². The van der Waals surface area contributed by atoms with Crippen molar-refractivity contribution in [2.45, 2.75) is 19.0 Å². The molecule has 0 spiro atoms. The monoisotopic (exact) mass is 427 g/mol. The summed E-state index contributed by atoms with van der Waals surface area (Å²) in [6.07, 6.45) is 7.45. The lowest BCUT2D eigenvalue weighted by molar-refractivity contribution is 0.567. The summed E-state index contributed by atoms with van der Waals surface area (Å²) < 4.78 is 29.2. The summed E-state index contributed by atoms with van der Waals surface area (Å²) in [5, 5.41) is 4.49. The molecule has 3 heterocycles. The quantitative estimate of drug-likeness (QED) is 0.643. The third-order valence-corrected chi connectivity index (χ3v) is 6.01. The van der Waals surface area contributed by atoms with E-state index in [4.69, 9.17) is 0 Å². The van der Waals surface area contributed by atoms with Crippen molar-refractivity contribution < 1.29 is 8.42 Å². The van der Waals surface area contributed by atoms with E-state index in [9.17, 15) is 13.2 Å². The second kappa shape index (κ2) is 8.08. The van der Waals surface area contributed by atoms with Crippen molar-refractivity contribution in [3.8, 4) is 11.1 Å². The fourth-order valence-electron chi connectivity index (χ4n) is 3.84. The van der Waals surface area contributed by atoms with Gasteiger partial charge in [0.2, 0.25) is 10.0 Å². The summed E-state index contributed by atoms with van der Waals surface area (Å²) in [6, 6.07) is 11.5. The third kappa shape index (κ3) is 4.63. The number of nitrogens with one attached hydrogen (secondary N) is 1. The molecular formula is C21H25N5O3S. The molecule has 4 rings (SSSR count). The molecule has 0 radical (unpaired) electrons. The lowest BCUT2D eigenvalue weighted by Gasteiger charge is -2.22. The van der Waals surface area contributed by atoms with Crippen molar-refractivity contribution in [1.82, 2.24) is 19.1 Å². The average Bonchev–Trinajstić information content (AvgIpc) is 3.33. The highest BCUT2D eigenvalue weighted by Crippen LogP contribution is 2.31. The van der Waals surface area contributed by atoms with Crippen LogP contribution in [-0.4, -0.2) is 48.2 Å². The van der Waals surface area contributed by atoms with Gasteiger partial charge in [-0.15, -0.1) is 0 Å². The Hall–Kier alpha value is -2.91. The molecule has 1 aromatic carbocycles. The van der Waals surface area contributed by atoms with Crippen LogP contribution in [0, 0.1) is 0 Å². The van der Waals surface area contributed by atoms with Crippen molar-refractivity contribution in [3.63, 3.8) is 0 Å². The van der Waals surface area contributed by atoms with Gasteiger partial charge in [0.05, 0.1) is 24.7 Å². The van der Waals surface area contributed by atoms with E-state index in [1.54, 1.807) is 23.9 Å². The van der Waals surface area contributed by atoms with Crippen molar-refractivity contribution in [3.05, 3.63) is 70.9 Å². The average molecular weight is 428 g/mol. The molecule has 0 aliphatic carbocycles. The molecular weight excluding hydrogens is 402 g/mol. The maximum Gasteiger partial charge on any atom is 0.252 e. The fraction of sp³-hybridized carbons (Fsp3) is 0.333. The molecule has 0 unspecified atom stereocenters. The topological polar surface area (TPSA) is 89.2 Å². The van der Waals surface area contributed by atoms with E-state index < -0.39 is 10.0 Å². The van der Waals surface area contributed by atoms with Gasteiger partial charge in [0, 0.05) is 55.8 Å². The second-order valence-corrected chi connectivity index (χ2v) is 9.54. The molecule has 9 heteroatoms. The summed E-state index contributed by atoms with van der Waals surface area (Å²) in [5.41, 5.74) is 3.66. The largest absolute Gasteiger partial charge is 0.369 e. The van der Waals surface area contributed by atoms with Crippen LogP contribution in [-0.2, 0) is 23.6 Å². The molecule has 1 aliphatic rings. The fourth-order valence-corrected chi connectivity index (χ4v) is 4.64. The molecule has 0 saturated carbocycles. The van der Waals surface area contributed by atoms with Gasteiger partial charge in [-0.25, -0.2) is 13.1 Å². The zero-order valence-corrected chi connectivity index (χ0v) is 17.8. The van der Waals surface area contributed by atoms with E-state index in [1.807, 2.05) is 35.3 Å². The molecule has 8 nitrogen and oxygen atoms in total. The van der Waals surface area contributed by atoms with Gasteiger partial charge in [-0.3, -0.25) is 9.48 Å². The minimum absolute atomic E-state index is 0.107. The zero-order valence-electron chi connectivity index (χ0n) is 17.0. The van der Waals surface area contributed by atoms with Gasteiger partial charge in [-0.2, -0.15) is 5.10 Å². The Labute approximate surface area is 175 Å². The number of sulfonamides is 1. The highest BCUT2D eigenvalue weighted by Gasteiger charge is 2.27. The van der Waals surface area contributed by atoms with Crippen LogP contribution in [0.5, 0.6) is 0 Å². The number of hydrogen-bond acceptors (Lipinski definition) is 5. The first kappa shape index (κ1) is 20.4. The number of aryl methyl sites for hydroxylation is 1. The first-order valence-corrected chi connectivity index (χ1v) is 11.7. The number of benzene rings is 1. The van der Waals surface area contributed by atoms with Crippen molar-refractivity contribution >= 4 is 15.7 Å². The van der Waals surface area contributed by atoms with Gasteiger partial charge in [0.1, 0.15) is 0 Å². The number of aromatic nitrogens is 3. The highest BCUT2D eigenvalue weighted by molar-refractivity contribution is 7.88. The van der Waals surface area contributed by atoms with Crippen molar-refractivity contribution in [1.29, 1.82) is 0 Å². The number of rotatable bonds is 6. The molecule has 1 saturated heterocycles. The molecule has 2 aromatic heterocycles. The lowest BCUT2D eigenvalue weighted by atomic mass is 10.1. The Kier molecular flexibility index (Phi) is 5.48. The molecule has 1 fully saturated rings. The summed E-state index contributed by atoms with van der Waals surface area (Å²) in [5.74, 6) is 0. The predicted octanol–water partition coefficient (Wildman–Crippen LogP) is 1.43. The van der Waals surface area contributed by atoms with Crippen LogP contribution >= 0.6 is 0 Å². The smallest absolute Gasteiger partial charge is 0.252 e. The van der Waals surface area contributed by atoms with Crippen LogP contribution in [0.1, 0.15) is 12.0 Å². The molecule has 0 amide bonds. The van der Waals surface area contributed by atoms with E-state index in [2.05, 4.69) is 26.9 Å². The van der Waals surface area contributed by atoms with Crippen LogP contribution in [0.2, 0.25) is 0 Å². The van der Waals surface area contributed by atoms with Crippen LogP contribution in [0.4, 0.5) is 5.69 Å². The maximum atomic E-state index is 12.3. The number of anilines is 1. The normalized spacial score (nSPS) is 16.9. The van der Waals surface area contributed by atoms with Gasteiger partial charge in [-0.05, 0) is 12.0 Å². The highest BCUT2D eigenvalue weighted by atomic mass is 32.2. The predicted molar refractivity (Wildman–Crippen MR) is 117 cm³/mol. The zero-order chi connectivity index (χ0) is 21.3. The Morgan fingerprint density at radius 1 is 1.20 bits per heavy atom. The SMILES string of the molecule is Cn1cc(-c2cnn(Cc3ccccc3)c2)c(N2CC[C@@H](NS(C)(=O)=O)C2)cc1=O. The van der Waals surface area contributed by atoms with Gasteiger partial charge < -0.3 is 9.47 Å². The number of nitrogens with zero attached hydrogens (tertiary/aromatic N) is 4. The summed E-state index contributed by atoms with van der Waals surface area (Å²) in [4.78, 5) is 14.4. The van der Waals surface area contributed by atoms with Crippen LogP contribution < -0.4 is 15.2 Å². The summed E-state index contributed by atoms with van der Waals surface area (Å²) in [6.45, 7) is 1.85. The van der Waals surface area contributed by atoms with E-state index >= 15 is 0 Å². The minimum atomic E-state index is -3.27. The maximum absolute atomic E-state index is 12.3. The van der Waals surface area contributed by atoms with Gasteiger partial charge in [0.15, 0.2) is 0 Å². The molecule has 30 heavy (non-hydrogen) atoms. The molecule has 0 bridgehead atoms. The van der Waals surface area contributed by atoms with Crippen molar-refractivity contribution in [2.24, 2.45) is 7.05 Å². The molecule has 158 valence electrons. The van der Waals surface area contributed by atoms with Crippen LogP contribution in [0.15, 0.2) is 59.8 Å². The van der Waals surface area contributed by atoms with Crippen LogP contribution in [0.25, 0.3) is 11.1 Å². The molecule has 1 aliphatic heterocycles. The first-order chi connectivity index (χ1) is 14.3. The Morgan fingerprint density at radius 2 is 1.97 bits per heavy atom. The van der Waals surface area contributed by atoms with Gasteiger partial charge in [-0.1, -0.05) is 30.3 Å². The van der Waals surface area contributed by atoms with Crippen LogP contribution in [0.3, 0.4) is 0 Å². The molecule has 3 aromatic rings. The molecule has 1 N–H and O–H groups in total. The van der Waals surface area contributed by atoms with Gasteiger partial charge >= 0.3 is 0 Å².